The lowest BCUT2D eigenvalue weighted by atomic mass is 10.1. The molecule has 0 unspecified atom stereocenters. The van der Waals surface area contributed by atoms with E-state index in [1.54, 1.807) is 18.2 Å². The molecule has 134 valence electrons. The van der Waals surface area contributed by atoms with E-state index in [1.807, 2.05) is 45.0 Å². The Morgan fingerprint density at radius 1 is 0.960 bits per heavy atom. The van der Waals surface area contributed by atoms with Crippen LogP contribution in [0.25, 0.3) is 0 Å². The smallest absolute Gasteiger partial charge is 0.240 e. The summed E-state index contributed by atoms with van der Waals surface area (Å²) in [5, 5.41) is 2.81. The summed E-state index contributed by atoms with van der Waals surface area (Å²) in [5.74, 6) is -0.189. The molecular formula is C19H24N2O3S. The summed E-state index contributed by atoms with van der Waals surface area (Å²) in [6.07, 6.45) is 0.0932. The molecular weight excluding hydrogens is 336 g/mol. The molecule has 2 N–H and O–H groups in total. The maximum absolute atomic E-state index is 12.3. The first-order valence-electron chi connectivity index (χ1n) is 8.18. The molecule has 5 nitrogen and oxygen atoms in total. The summed E-state index contributed by atoms with van der Waals surface area (Å²) >= 11 is 0. The van der Waals surface area contributed by atoms with Gasteiger partial charge in [0.15, 0.2) is 0 Å². The Morgan fingerprint density at radius 2 is 1.68 bits per heavy atom. The molecule has 0 fully saturated rings. The summed E-state index contributed by atoms with van der Waals surface area (Å²) in [6.45, 7) is 6.29. The van der Waals surface area contributed by atoms with Gasteiger partial charge in [0.25, 0.3) is 0 Å². The molecule has 0 bridgehead atoms. The Balaban J connectivity index is 1.84. The Hall–Kier alpha value is -2.18. The molecule has 0 spiro atoms. The minimum atomic E-state index is -3.60. The second-order valence-corrected chi connectivity index (χ2v) is 7.86. The van der Waals surface area contributed by atoms with Crippen LogP contribution in [-0.4, -0.2) is 20.9 Å². The third-order valence-electron chi connectivity index (χ3n) is 4.17. The highest BCUT2D eigenvalue weighted by Gasteiger charge is 2.14. The van der Waals surface area contributed by atoms with Crippen LogP contribution in [0.3, 0.4) is 0 Å². The van der Waals surface area contributed by atoms with Gasteiger partial charge >= 0.3 is 0 Å². The molecule has 0 radical (unpaired) electrons. The highest BCUT2D eigenvalue weighted by Crippen LogP contribution is 2.14. The maximum Gasteiger partial charge on any atom is 0.240 e. The van der Waals surface area contributed by atoms with E-state index >= 15 is 0 Å². The van der Waals surface area contributed by atoms with E-state index in [1.165, 1.54) is 0 Å². The van der Waals surface area contributed by atoms with E-state index in [0.29, 0.717) is 6.54 Å². The van der Waals surface area contributed by atoms with Gasteiger partial charge in [-0.2, -0.15) is 0 Å². The molecule has 0 saturated carbocycles. The first kappa shape index (κ1) is 19.1. The lowest BCUT2D eigenvalue weighted by Crippen LogP contribution is -2.30. The lowest BCUT2D eigenvalue weighted by Gasteiger charge is -2.10. The quantitative estimate of drug-likeness (QED) is 0.797. The van der Waals surface area contributed by atoms with E-state index in [9.17, 15) is 13.2 Å². The molecule has 1 amide bonds. The van der Waals surface area contributed by atoms with E-state index < -0.39 is 10.0 Å². The Kier molecular flexibility index (Phi) is 6.33. The number of amides is 1. The van der Waals surface area contributed by atoms with Gasteiger partial charge in [0.1, 0.15) is 0 Å². The highest BCUT2D eigenvalue weighted by atomic mass is 32.2. The molecule has 0 aromatic heterocycles. The number of sulfonamides is 1. The van der Waals surface area contributed by atoms with Gasteiger partial charge < -0.3 is 5.32 Å². The zero-order chi connectivity index (χ0) is 18.4. The number of rotatable bonds is 7. The van der Waals surface area contributed by atoms with Gasteiger partial charge in [-0.25, -0.2) is 13.1 Å². The van der Waals surface area contributed by atoms with Crippen LogP contribution < -0.4 is 10.0 Å². The second-order valence-electron chi connectivity index (χ2n) is 6.10. The molecule has 6 heteroatoms. The molecule has 2 rings (SSSR count). The Bertz CT molecular complexity index is 861. The standard InChI is InChI=1S/C19H24N2O3S/c1-14-8-9-18(12-16(14)3)25(23,24)21-11-10-19(22)20-13-17-7-5-4-6-15(17)2/h4-9,12,21H,10-11,13H2,1-3H3,(H,20,22). The molecule has 0 aliphatic rings. The zero-order valence-electron chi connectivity index (χ0n) is 14.8. The van der Waals surface area contributed by atoms with Gasteiger partial charge in [0, 0.05) is 19.5 Å². The van der Waals surface area contributed by atoms with Gasteiger partial charge in [-0.1, -0.05) is 30.3 Å². The van der Waals surface area contributed by atoms with Gasteiger partial charge in [0.2, 0.25) is 15.9 Å². The predicted octanol–water partition coefficient (Wildman–Crippen LogP) is 2.60. The lowest BCUT2D eigenvalue weighted by molar-refractivity contribution is -0.121. The molecule has 2 aromatic carbocycles. The third kappa shape index (κ3) is 5.41. The molecule has 0 aliphatic carbocycles. The fraction of sp³-hybridized carbons (Fsp3) is 0.316. The molecule has 0 saturated heterocycles. The summed E-state index contributed by atoms with van der Waals surface area (Å²) in [5.41, 5.74) is 4.11. The van der Waals surface area contributed by atoms with Gasteiger partial charge in [-0.3, -0.25) is 4.79 Å². The van der Waals surface area contributed by atoms with Crippen molar-refractivity contribution >= 4 is 15.9 Å². The normalized spacial score (nSPS) is 11.3. The van der Waals surface area contributed by atoms with Crippen molar-refractivity contribution in [3.8, 4) is 0 Å². The van der Waals surface area contributed by atoms with Crippen molar-refractivity contribution in [2.45, 2.75) is 38.6 Å². The number of hydrogen-bond donors (Lipinski definition) is 2. The summed E-state index contributed by atoms with van der Waals surface area (Å²) in [7, 11) is -3.60. The van der Waals surface area contributed by atoms with Crippen LogP contribution in [0.2, 0.25) is 0 Å². The topological polar surface area (TPSA) is 75.3 Å². The van der Waals surface area contributed by atoms with Crippen LogP contribution in [-0.2, 0) is 21.4 Å². The number of carbonyl (C=O) groups is 1. The third-order valence-corrected chi connectivity index (χ3v) is 5.63. The molecule has 0 atom stereocenters. The van der Waals surface area contributed by atoms with Crippen molar-refractivity contribution < 1.29 is 13.2 Å². The van der Waals surface area contributed by atoms with Crippen molar-refractivity contribution in [1.29, 1.82) is 0 Å². The average Bonchev–Trinajstić information content (AvgIpc) is 2.56. The van der Waals surface area contributed by atoms with Crippen LogP contribution in [0.1, 0.15) is 28.7 Å². The van der Waals surface area contributed by atoms with Crippen LogP contribution in [0, 0.1) is 20.8 Å². The zero-order valence-corrected chi connectivity index (χ0v) is 15.6. The first-order valence-corrected chi connectivity index (χ1v) is 9.66. The largest absolute Gasteiger partial charge is 0.352 e. The molecule has 0 heterocycles. The highest BCUT2D eigenvalue weighted by molar-refractivity contribution is 7.89. The van der Waals surface area contributed by atoms with Crippen molar-refractivity contribution in [3.05, 3.63) is 64.7 Å². The van der Waals surface area contributed by atoms with Crippen LogP contribution in [0.4, 0.5) is 0 Å². The summed E-state index contributed by atoms with van der Waals surface area (Å²) < 4.78 is 27.0. The SMILES string of the molecule is Cc1ccc(S(=O)(=O)NCCC(=O)NCc2ccccc2C)cc1C. The van der Waals surface area contributed by atoms with Gasteiger partial charge in [-0.15, -0.1) is 0 Å². The fourth-order valence-corrected chi connectivity index (χ4v) is 3.47. The van der Waals surface area contributed by atoms with E-state index in [2.05, 4.69) is 10.0 Å². The van der Waals surface area contributed by atoms with Gasteiger partial charge in [0.05, 0.1) is 4.90 Å². The first-order chi connectivity index (χ1) is 11.8. The van der Waals surface area contributed by atoms with Crippen molar-refractivity contribution in [3.63, 3.8) is 0 Å². The summed E-state index contributed by atoms with van der Waals surface area (Å²) in [4.78, 5) is 12.1. The van der Waals surface area contributed by atoms with Crippen LogP contribution >= 0.6 is 0 Å². The monoisotopic (exact) mass is 360 g/mol. The number of hydrogen-bond acceptors (Lipinski definition) is 3. The van der Waals surface area contributed by atoms with E-state index in [-0.39, 0.29) is 23.8 Å². The fourth-order valence-electron chi connectivity index (χ4n) is 2.35. The van der Waals surface area contributed by atoms with Crippen LogP contribution in [0.5, 0.6) is 0 Å². The average molecular weight is 360 g/mol. The van der Waals surface area contributed by atoms with E-state index in [0.717, 1.165) is 22.3 Å². The minimum Gasteiger partial charge on any atom is -0.352 e. The Morgan fingerprint density at radius 3 is 2.36 bits per heavy atom. The maximum atomic E-state index is 12.3. The number of nitrogens with one attached hydrogen (secondary N) is 2. The van der Waals surface area contributed by atoms with Crippen molar-refractivity contribution in [2.24, 2.45) is 0 Å². The second kappa shape index (κ2) is 8.27. The van der Waals surface area contributed by atoms with Crippen molar-refractivity contribution in [1.82, 2.24) is 10.0 Å². The summed E-state index contributed by atoms with van der Waals surface area (Å²) in [6, 6.07) is 12.8. The molecule has 25 heavy (non-hydrogen) atoms. The molecule has 0 aliphatic heterocycles. The van der Waals surface area contributed by atoms with Crippen LogP contribution in [0.15, 0.2) is 47.4 Å². The number of benzene rings is 2. The van der Waals surface area contributed by atoms with Crippen molar-refractivity contribution in [2.75, 3.05) is 6.54 Å². The van der Waals surface area contributed by atoms with Gasteiger partial charge in [-0.05, 0) is 55.2 Å². The number of carbonyl (C=O) groups excluding carboxylic acids is 1. The predicted molar refractivity (Wildman–Crippen MR) is 98.7 cm³/mol. The molecule has 2 aromatic rings. The minimum absolute atomic E-state index is 0.0643. The number of aryl methyl sites for hydroxylation is 3. The van der Waals surface area contributed by atoms with E-state index in [4.69, 9.17) is 0 Å². The Labute approximate surface area is 149 Å².